The molecule has 4 rings (SSSR count). The molecule has 0 aliphatic carbocycles. The highest BCUT2D eigenvalue weighted by atomic mass is 32.2. The Morgan fingerprint density at radius 3 is 2.50 bits per heavy atom. The van der Waals surface area contributed by atoms with Crippen molar-refractivity contribution in [1.29, 1.82) is 0 Å². The van der Waals surface area contributed by atoms with Crippen LogP contribution in [-0.2, 0) is 19.6 Å². The molecule has 7 nitrogen and oxygen atoms in total. The molecule has 0 radical (unpaired) electrons. The zero-order chi connectivity index (χ0) is 22.9. The number of benzene rings is 2. The van der Waals surface area contributed by atoms with E-state index in [9.17, 15) is 26.8 Å². The van der Waals surface area contributed by atoms with Gasteiger partial charge in [-0.3, -0.25) is 14.3 Å². The van der Waals surface area contributed by atoms with E-state index in [1.54, 1.807) is 4.90 Å². The van der Waals surface area contributed by atoms with Crippen molar-refractivity contribution in [1.82, 2.24) is 4.90 Å². The molecule has 2 aliphatic heterocycles. The minimum Gasteiger partial charge on any atom is -0.341 e. The van der Waals surface area contributed by atoms with Gasteiger partial charge in [0.25, 0.3) is 10.0 Å². The summed E-state index contributed by atoms with van der Waals surface area (Å²) in [7, 11) is -4.25. The number of rotatable bonds is 4. The van der Waals surface area contributed by atoms with Gasteiger partial charge in [-0.25, -0.2) is 17.2 Å². The third-order valence-corrected chi connectivity index (χ3v) is 7.94. The molecule has 32 heavy (non-hydrogen) atoms. The molecule has 2 aromatic rings. The van der Waals surface area contributed by atoms with Crippen molar-refractivity contribution in [2.75, 3.05) is 23.1 Å². The molecule has 1 fully saturated rings. The number of thioether (sulfide) groups is 1. The third kappa shape index (κ3) is 4.73. The van der Waals surface area contributed by atoms with Crippen molar-refractivity contribution in [3.05, 3.63) is 48.0 Å². The Hall–Kier alpha value is -2.66. The van der Waals surface area contributed by atoms with E-state index in [-0.39, 0.29) is 16.5 Å². The number of fused-ring (bicyclic) bond motifs is 1. The molecule has 2 aromatic carbocycles. The van der Waals surface area contributed by atoms with Gasteiger partial charge >= 0.3 is 0 Å². The molecule has 1 saturated heterocycles. The first-order valence-electron chi connectivity index (χ1n) is 10.1. The normalized spacial score (nSPS) is 19.0. The molecule has 1 atom stereocenters. The lowest BCUT2D eigenvalue weighted by atomic mass is 10.2. The fourth-order valence-electron chi connectivity index (χ4n) is 3.65. The Morgan fingerprint density at radius 1 is 1.06 bits per heavy atom. The molecular formula is C21H21F2N3O4S2. The highest BCUT2D eigenvalue weighted by Crippen LogP contribution is 2.38. The van der Waals surface area contributed by atoms with Crippen molar-refractivity contribution in [3.63, 3.8) is 0 Å². The van der Waals surface area contributed by atoms with Gasteiger partial charge in [0, 0.05) is 24.1 Å². The number of nitrogens with one attached hydrogen (secondary N) is 2. The van der Waals surface area contributed by atoms with Gasteiger partial charge in [0.1, 0.15) is 11.6 Å². The van der Waals surface area contributed by atoms with Crippen molar-refractivity contribution in [2.24, 2.45) is 0 Å². The molecule has 0 bridgehead atoms. The van der Waals surface area contributed by atoms with Crippen LogP contribution >= 0.6 is 11.8 Å². The third-order valence-electron chi connectivity index (χ3n) is 5.32. The smallest absolute Gasteiger partial charge is 0.262 e. The number of anilines is 2. The van der Waals surface area contributed by atoms with Crippen LogP contribution in [-0.4, -0.2) is 43.5 Å². The van der Waals surface area contributed by atoms with Gasteiger partial charge in [-0.2, -0.15) is 0 Å². The average molecular weight is 482 g/mol. The van der Waals surface area contributed by atoms with E-state index in [4.69, 9.17) is 0 Å². The van der Waals surface area contributed by atoms with Crippen LogP contribution in [0.5, 0.6) is 0 Å². The zero-order valence-electron chi connectivity index (χ0n) is 16.9. The van der Waals surface area contributed by atoms with E-state index in [1.807, 2.05) is 4.72 Å². The summed E-state index contributed by atoms with van der Waals surface area (Å²) in [6.45, 7) is 1.24. The molecule has 0 saturated carbocycles. The van der Waals surface area contributed by atoms with E-state index >= 15 is 0 Å². The Bertz CT molecular complexity index is 1170. The summed E-state index contributed by atoms with van der Waals surface area (Å²) in [6.07, 6.45) is 3.92. The molecule has 0 aromatic heterocycles. The maximum Gasteiger partial charge on any atom is 0.262 e. The van der Waals surface area contributed by atoms with Crippen LogP contribution in [0.4, 0.5) is 20.2 Å². The first-order valence-corrected chi connectivity index (χ1v) is 12.5. The van der Waals surface area contributed by atoms with Gasteiger partial charge < -0.3 is 10.2 Å². The molecule has 2 amide bonds. The van der Waals surface area contributed by atoms with Crippen molar-refractivity contribution in [3.8, 4) is 0 Å². The molecule has 2 aliphatic rings. The van der Waals surface area contributed by atoms with Gasteiger partial charge in [-0.1, -0.05) is 12.8 Å². The predicted octanol–water partition coefficient (Wildman–Crippen LogP) is 3.58. The van der Waals surface area contributed by atoms with Crippen LogP contribution in [0.2, 0.25) is 0 Å². The number of carbonyl (C=O) groups excluding carboxylic acids is 2. The molecule has 2 heterocycles. The van der Waals surface area contributed by atoms with Gasteiger partial charge in [-0.15, -0.1) is 11.8 Å². The number of hydrogen-bond acceptors (Lipinski definition) is 5. The summed E-state index contributed by atoms with van der Waals surface area (Å²) >= 11 is 1.07. The fourth-order valence-corrected chi connectivity index (χ4v) is 5.79. The average Bonchev–Trinajstić information content (AvgIpc) is 3.04. The van der Waals surface area contributed by atoms with Crippen molar-refractivity contribution < 1.29 is 26.8 Å². The maximum absolute atomic E-state index is 13.8. The van der Waals surface area contributed by atoms with Crippen LogP contribution in [0.1, 0.15) is 25.7 Å². The zero-order valence-corrected chi connectivity index (χ0v) is 18.6. The Labute approximate surface area is 188 Å². The second kappa shape index (κ2) is 9.07. The minimum absolute atomic E-state index is 0.238. The summed E-state index contributed by atoms with van der Waals surface area (Å²) in [5.41, 5.74) is -0.285. The molecule has 170 valence electrons. The lowest BCUT2D eigenvalue weighted by Crippen LogP contribution is -2.45. The Morgan fingerprint density at radius 2 is 1.78 bits per heavy atom. The quantitative estimate of drug-likeness (QED) is 0.651. The monoisotopic (exact) mass is 481 g/mol. The van der Waals surface area contributed by atoms with E-state index in [2.05, 4.69) is 5.32 Å². The molecular weight excluding hydrogens is 460 g/mol. The van der Waals surface area contributed by atoms with Crippen molar-refractivity contribution in [2.45, 2.75) is 40.7 Å². The largest absolute Gasteiger partial charge is 0.341 e. The van der Waals surface area contributed by atoms with Crippen LogP contribution in [0.15, 0.2) is 46.2 Å². The van der Waals surface area contributed by atoms with Crippen LogP contribution in [0.3, 0.4) is 0 Å². The highest BCUT2D eigenvalue weighted by molar-refractivity contribution is 8.01. The lowest BCUT2D eigenvalue weighted by Gasteiger charge is -2.28. The van der Waals surface area contributed by atoms with E-state index < -0.39 is 38.5 Å². The van der Waals surface area contributed by atoms with Crippen LogP contribution in [0.25, 0.3) is 0 Å². The second-order valence-corrected chi connectivity index (χ2v) is 10.4. The highest BCUT2D eigenvalue weighted by Gasteiger charge is 2.36. The van der Waals surface area contributed by atoms with Gasteiger partial charge in [0.05, 0.1) is 16.3 Å². The Kier molecular flexibility index (Phi) is 6.38. The molecule has 11 heteroatoms. The van der Waals surface area contributed by atoms with Gasteiger partial charge in [-0.05, 0) is 43.2 Å². The summed E-state index contributed by atoms with van der Waals surface area (Å²) < 4.78 is 54.6. The Balaban J connectivity index is 1.54. The fraction of sp³-hybridized carbons (Fsp3) is 0.333. The maximum atomic E-state index is 13.8. The first-order chi connectivity index (χ1) is 15.2. The lowest BCUT2D eigenvalue weighted by molar-refractivity contribution is -0.133. The number of sulfonamides is 1. The topological polar surface area (TPSA) is 95.6 Å². The predicted molar refractivity (Wildman–Crippen MR) is 117 cm³/mol. The van der Waals surface area contributed by atoms with Gasteiger partial charge in [0.2, 0.25) is 11.8 Å². The standard InChI is InChI=1S/C21H21F2N3O4S2/c22-13-5-7-15(23)16(11-13)25-32(29,30)14-6-8-18-17(12-14)24-20(27)19(31-18)21(28)26-9-3-1-2-4-10-26/h5-8,11-12,19,25H,1-4,9-10H2,(H,24,27). The molecule has 0 spiro atoms. The SMILES string of the molecule is O=C1Nc2cc(S(=O)(=O)Nc3cc(F)ccc3F)ccc2SC1C(=O)N1CCCCCC1. The second-order valence-electron chi connectivity index (χ2n) is 7.61. The van der Waals surface area contributed by atoms with Crippen LogP contribution < -0.4 is 10.0 Å². The van der Waals surface area contributed by atoms with Crippen molar-refractivity contribution >= 4 is 45.0 Å². The van der Waals surface area contributed by atoms with E-state index in [1.165, 1.54) is 18.2 Å². The number of halogens is 2. The minimum atomic E-state index is -4.25. The number of nitrogens with zero attached hydrogens (tertiary/aromatic N) is 1. The number of carbonyl (C=O) groups is 2. The summed E-state index contributed by atoms with van der Waals surface area (Å²) in [5, 5.41) is 1.67. The van der Waals surface area contributed by atoms with E-state index in [0.717, 1.165) is 55.6 Å². The summed E-state index contributed by atoms with van der Waals surface area (Å²) in [5.74, 6) is -2.49. The van der Waals surface area contributed by atoms with Crippen LogP contribution in [0, 0.1) is 11.6 Å². The number of hydrogen-bond donors (Lipinski definition) is 2. The molecule has 2 N–H and O–H groups in total. The summed E-state index contributed by atoms with van der Waals surface area (Å²) in [4.78, 5) is 27.5. The number of amides is 2. The summed E-state index contributed by atoms with van der Waals surface area (Å²) in [6, 6.07) is 6.43. The molecule has 1 unspecified atom stereocenters. The van der Waals surface area contributed by atoms with Gasteiger partial charge in [0.15, 0.2) is 5.25 Å². The van der Waals surface area contributed by atoms with E-state index in [0.29, 0.717) is 18.0 Å². The first kappa shape index (κ1) is 22.5. The number of likely N-dealkylation sites (tertiary alicyclic amines) is 1.